The average Bonchev–Trinajstić information content (AvgIpc) is 0.814. The molecule has 32 rings (SSSR count). The number of nitrogens with zero attached hydrogens (tertiary/aromatic N) is 13. The van der Waals surface area contributed by atoms with Crippen LogP contribution in [-0.2, 0) is 21.7 Å². The molecule has 12 heterocycles. The lowest BCUT2D eigenvalue weighted by molar-refractivity contribution is -0.385. The van der Waals surface area contributed by atoms with E-state index in [0.29, 0.717) is 33.3 Å². The van der Waals surface area contributed by atoms with E-state index in [-0.39, 0.29) is 40.2 Å². The second kappa shape index (κ2) is 30.2. The fourth-order valence-corrected chi connectivity index (χ4v) is 24.9. The van der Waals surface area contributed by atoms with Crippen LogP contribution < -0.4 is 0 Å². The maximum Gasteiger partial charge on any atom is 0.278 e. The first kappa shape index (κ1) is 79.5. The van der Waals surface area contributed by atoms with E-state index in [4.69, 9.17) is 64.2 Å². The highest BCUT2D eigenvalue weighted by atomic mass is 127. The zero-order valence-electron chi connectivity index (χ0n) is 71.9. The minimum Gasteiger partial charge on any atom is -0.463 e. The summed E-state index contributed by atoms with van der Waals surface area (Å²) >= 11 is 12.9. The zero-order chi connectivity index (χ0) is 87.4. The predicted molar refractivity (Wildman–Crippen MR) is 515 cm³/mol. The summed E-state index contributed by atoms with van der Waals surface area (Å²) in [6, 6.07) is 74.1. The van der Waals surface area contributed by atoms with Gasteiger partial charge in [-0.05, 0) is 316 Å². The standard InChI is InChI=1S/C27H22BrN3O.C27H22ClN3O.C27H22IN3O.C27H22N4O3/c3*1-16-26-25(23-7-4-10-32-23)29-15-31(26)22-9-8-18(27-12-17(13-27)14-27)11-20(22)24(30-16)19-5-2-3-6-21(19)28;1-16-26-25(23-7-4-10-34-23)28-15-30(26)21-9-8-18(27-12-17(13-27)14-27)11-20(21)24(29-16)19-5-2-3-6-22(19)31(32)33/h3*2-11,15-17H,12-14H2,1H3;2-11,15-17H,12-14H2,1H3/t4*16-,17?,27?/m1111/s1. The number of aromatic nitrogens is 8. The Balaban J connectivity index is 0.0000000936. The molecule has 22 heteroatoms. The van der Waals surface area contributed by atoms with Crippen molar-refractivity contribution >= 4 is 78.7 Å². The third-order valence-corrected chi connectivity index (χ3v) is 32.5. The van der Waals surface area contributed by atoms with Crippen molar-refractivity contribution in [2.45, 2.75) is 151 Å². The molecule has 0 unspecified atom stereocenters. The van der Waals surface area contributed by atoms with E-state index in [9.17, 15) is 10.1 Å². The number of nitro groups is 1. The molecule has 12 saturated carbocycles. The summed E-state index contributed by atoms with van der Waals surface area (Å²) in [5.74, 6) is 6.68. The maximum absolute atomic E-state index is 11.9. The maximum atomic E-state index is 11.9. The van der Waals surface area contributed by atoms with E-state index in [1.54, 1.807) is 49.6 Å². The molecule has 0 spiro atoms. The highest BCUT2D eigenvalue weighted by Gasteiger charge is 2.60. The molecule has 16 aromatic rings. The van der Waals surface area contributed by atoms with Gasteiger partial charge in [-0.1, -0.05) is 119 Å². The normalized spacial score (nSPS) is 24.9. The molecule has 16 aliphatic rings. The molecule has 0 N–H and O–H groups in total. The Hall–Kier alpha value is -12.7. The smallest absolute Gasteiger partial charge is 0.278 e. The Labute approximate surface area is 777 Å². The number of fused-ring (bicyclic) bond motifs is 12. The van der Waals surface area contributed by atoms with Crippen molar-refractivity contribution in [3.8, 4) is 68.6 Å². The number of nitro benzene ring substituents is 1. The van der Waals surface area contributed by atoms with Gasteiger partial charge in [-0.3, -0.25) is 48.4 Å². The van der Waals surface area contributed by atoms with Gasteiger partial charge in [-0.2, -0.15) is 0 Å². The third-order valence-electron chi connectivity index (χ3n) is 30.5. The van der Waals surface area contributed by atoms with Crippen LogP contribution in [0.2, 0.25) is 5.02 Å². The summed E-state index contributed by atoms with van der Waals surface area (Å²) in [7, 11) is 0. The van der Waals surface area contributed by atoms with E-state index in [2.05, 4.69) is 210 Å². The molecule has 4 aliphatic heterocycles. The first-order valence-electron chi connectivity index (χ1n) is 45.3. The molecular weight excluding hydrogens is 1820 g/mol. The summed E-state index contributed by atoms with van der Waals surface area (Å²) in [6.07, 6.45) is 30.0. The fourth-order valence-electron chi connectivity index (χ4n) is 23.5. The van der Waals surface area contributed by atoms with Gasteiger partial charge in [0.2, 0.25) is 0 Å². The van der Waals surface area contributed by atoms with Gasteiger partial charge in [0.05, 0.1) is 128 Å². The Morgan fingerprint density at radius 2 is 0.638 bits per heavy atom. The highest BCUT2D eigenvalue weighted by Crippen LogP contribution is 2.68. The molecule has 8 aromatic carbocycles. The quantitative estimate of drug-likeness (QED) is 0.0604. The van der Waals surface area contributed by atoms with E-state index in [0.717, 1.165) is 158 Å². The molecule has 4 atom stereocenters. The topological polar surface area (TPSA) is 216 Å². The summed E-state index contributed by atoms with van der Waals surface area (Å²) < 4.78 is 33.7. The van der Waals surface area contributed by atoms with Crippen LogP contribution in [-0.4, -0.2) is 66.0 Å². The molecule has 19 nitrogen and oxygen atoms in total. The summed E-state index contributed by atoms with van der Waals surface area (Å²) in [5.41, 5.74) is 30.7. The first-order chi connectivity index (χ1) is 63.4. The fraction of sp³-hybridized carbons (Fsp3) is 0.259. The number of para-hydroxylation sites is 1. The van der Waals surface area contributed by atoms with Crippen molar-refractivity contribution in [3.05, 3.63) is 381 Å². The lowest BCUT2D eigenvalue weighted by Crippen LogP contribution is -2.55. The number of imidazole rings is 4. The monoisotopic (exact) mass is 1900 g/mol. The van der Waals surface area contributed by atoms with Gasteiger partial charge in [-0.15, -0.1) is 0 Å². The lowest BCUT2D eigenvalue weighted by atomic mass is 9.42. The van der Waals surface area contributed by atoms with Crippen LogP contribution in [0.15, 0.2) is 311 Å². The summed E-state index contributed by atoms with van der Waals surface area (Å²) in [5, 5.41) is 12.7. The van der Waals surface area contributed by atoms with Crippen molar-refractivity contribution in [2.75, 3.05) is 0 Å². The van der Waals surface area contributed by atoms with E-state index in [1.165, 1.54) is 120 Å². The van der Waals surface area contributed by atoms with Gasteiger partial charge < -0.3 is 17.7 Å². The molecule has 0 amide bonds. The molecule has 12 fully saturated rings. The minimum absolute atomic E-state index is 0.0607. The van der Waals surface area contributed by atoms with Gasteiger partial charge in [-0.25, -0.2) is 19.9 Å². The first-order valence-corrected chi connectivity index (χ1v) is 47.5. The molecule has 0 saturated heterocycles. The Morgan fingerprint density at radius 3 is 0.938 bits per heavy atom. The molecular formula is C108H88BrClIN13O6. The number of hydrogen-bond donors (Lipinski definition) is 0. The number of furan rings is 4. The Morgan fingerprint density at radius 1 is 0.354 bits per heavy atom. The molecule has 8 bridgehead atoms. The van der Waals surface area contributed by atoms with Crippen LogP contribution in [0.25, 0.3) is 68.6 Å². The molecule has 0 radical (unpaired) electrons. The molecule has 8 aromatic heterocycles. The molecule has 130 heavy (non-hydrogen) atoms. The predicted octanol–water partition coefficient (Wildman–Crippen LogP) is 26.3. The number of benzene rings is 8. The SMILES string of the molecule is C[C@H]1N=C(c2ccccc2Br)c2cc(C34CC(C3)C4)ccc2-n2cnc(-c3ccco3)c21.C[C@H]1N=C(c2ccccc2Cl)c2cc(C34CC(C3)C4)ccc2-n2cnc(-c3ccco3)c21.C[C@H]1N=C(c2ccccc2I)c2cc(C34CC(C3)C4)ccc2-n2cnc(-c3ccco3)c21.C[C@H]1N=C(c2ccccc2[N+](=O)[O-])c2cc(C34CC(C3)C4)ccc2-n2cnc(-c3ccco3)c21. The van der Waals surface area contributed by atoms with Gasteiger partial charge in [0.25, 0.3) is 5.69 Å². The van der Waals surface area contributed by atoms with Gasteiger partial charge >= 0.3 is 0 Å². The van der Waals surface area contributed by atoms with Crippen molar-refractivity contribution in [2.24, 2.45) is 43.6 Å². The number of hydrogen-bond acceptors (Lipinski definition) is 14. The molecule has 12 aliphatic carbocycles. The number of aliphatic imine (C=N–C) groups is 4. The average molecular weight is 1910 g/mol. The second-order valence-electron chi connectivity index (χ2n) is 38.1. The van der Waals surface area contributed by atoms with Crippen molar-refractivity contribution in [1.29, 1.82) is 0 Å². The van der Waals surface area contributed by atoms with Gasteiger partial charge in [0, 0.05) is 58.1 Å². The van der Waals surface area contributed by atoms with Crippen LogP contribution in [0.1, 0.15) is 218 Å². The van der Waals surface area contributed by atoms with Crippen molar-refractivity contribution in [1.82, 2.24) is 38.2 Å². The summed E-state index contributed by atoms with van der Waals surface area (Å²) in [6.45, 7) is 8.42. The van der Waals surface area contributed by atoms with E-state index in [1.807, 2.05) is 98.7 Å². The number of rotatable bonds is 13. The third kappa shape index (κ3) is 12.5. The van der Waals surface area contributed by atoms with E-state index < -0.39 is 0 Å². The van der Waals surface area contributed by atoms with Crippen LogP contribution in [0.5, 0.6) is 0 Å². The van der Waals surface area contributed by atoms with Crippen molar-refractivity contribution < 1.29 is 22.6 Å². The van der Waals surface area contributed by atoms with Gasteiger partial charge in [0.1, 0.15) is 48.1 Å². The van der Waals surface area contributed by atoms with Crippen LogP contribution in [0, 0.1) is 37.4 Å². The highest BCUT2D eigenvalue weighted by molar-refractivity contribution is 14.1. The van der Waals surface area contributed by atoms with Crippen LogP contribution in [0.4, 0.5) is 5.69 Å². The molecule has 642 valence electrons. The minimum atomic E-state index is -0.325. The van der Waals surface area contributed by atoms with Crippen LogP contribution in [0.3, 0.4) is 0 Å². The Kier molecular flexibility index (Phi) is 18.5. The summed E-state index contributed by atoms with van der Waals surface area (Å²) in [4.78, 5) is 51.5. The Bertz CT molecular complexity index is 6870. The largest absolute Gasteiger partial charge is 0.463 e. The second-order valence-corrected chi connectivity index (χ2v) is 40.5. The van der Waals surface area contributed by atoms with Crippen molar-refractivity contribution in [3.63, 3.8) is 0 Å². The van der Waals surface area contributed by atoms with Crippen LogP contribution >= 0.6 is 50.1 Å². The zero-order valence-corrected chi connectivity index (χ0v) is 76.4. The van der Waals surface area contributed by atoms with E-state index >= 15 is 0 Å². The lowest BCUT2D eigenvalue weighted by Gasteiger charge is -2.62. The number of halogens is 3. The van der Waals surface area contributed by atoms with Gasteiger partial charge in [0.15, 0.2) is 23.0 Å².